The second kappa shape index (κ2) is 17.7. The monoisotopic (exact) mass is 592 g/mol. The number of unbranched alkanes of at least 4 members (excludes halogenated alkanes) is 6. The summed E-state index contributed by atoms with van der Waals surface area (Å²) in [6.07, 6.45) is 7.70. The first-order valence-corrected chi connectivity index (χ1v) is 15.0. The maximum Gasteiger partial charge on any atom is 0.162 e. The van der Waals surface area contributed by atoms with Gasteiger partial charge in [0.2, 0.25) is 0 Å². The summed E-state index contributed by atoms with van der Waals surface area (Å²) in [5.74, 6) is 0.679. The zero-order valence-corrected chi connectivity index (χ0v) is 24.4. The fourth-order valence-electron chi connectivity index (χ4n) is 4.50. The van der Waals surface area contributed by atoms with E-state index in [0.717, 1.165) is 91.9 Å². The van der Waals surface area contributed by atoms with Gasteiger partial charge in [-0.1, -0.05) is 36.4 Å². The zero-order valence-electron chi connectivity index (χ0n) is 24.4. The molecule has 0 saturated carbocycles. The van der Waals surface area contributed by atoms with Crippen LogP contribution in [0.15, 0.2) is 91.0 Å². The van der Waals surface area contributed by atoms with Crippen LogP contribution in [-0.2, 0) is 0 Å². The summed E-state index contributed by atoms with van der Waals surface area (Å²) in [6, 6.07) is 25.7. The molecule has 0 fully saturated rings. The Kier molecular flexibility index (Phi) is 13.1. The number of benzene rings is 4. The predicted octanol–water partition coefficient (Wildman–Crippen LogP) is 9.81. The molecule has 0 atom stereocenters. The van der Waals surface area contributed by atoms with E-state index in [4.69, 9.17) is 18.9 Å². The molecule has 0 saturated heterocycles. The van der Waals surface area contributed by atoms with Crippen molar-refractivity contribution in [3.8, 4) is 34.1 Å². The lowest BCUT2D eigenvalue weighted by Crippen LogP contribution is -2.03. The van der Waals surface area contributed by atoms with Crippen molar-refractivity contribution in [2.75, 3.05) is 26.4 Å². The van der Waals surface area contributed by atoms with Gasteiger partial charge in [-0.25, -0.2) is 13.2 Å². The molecule has 0 unspecified atom stereocenters. The molecule has 0 aliphatic heterocycles. The number of ether oxygens (including phenoxy) is 4. The fourth-order valence-corrected chi connectivity index (χ4v) is 4.50. The standard InChI is InChI=1S/C36H39F3O4/c37-30-17-13-28(14-18-30)29-15-19-31(20-16-29)40-23-7-1-3-9-25-42-35-11-5-6-12-36(35)43-26-10-4-2-8-24-41-32-21-22-33(38)34(39)27-32/h5-6,11-22,27H,1-4,7-10,23-26H2. The van der Waals surface area contributed by atoms with Gasteiger partial charge in [0, 0.05) is 6.07 Å². The van der Waals surface area contributed by atoms with Gasteiger partial charge in [0.25, 0.3) is 0 Å². The van der Waals surface area contributed by atoms with Gasteiger partial charge < -0.3 is 18.9 Å². The van der Waals surface area contributed by atoms with Gasteiger partial charge in [-0.05, 0) is 111 Å². The normalized spacial score (nSPS) is 10.9. The maximum absolute atomic E-state index is 13.2. The van der Waals surface area contributed by atoms with Gasteiger partial charge in [0.15, 0.2) is 23.1 Å². The Labute approximate surface area is 252 Å². The van der Waals surface area contributed by atoms with Crippen molar-refractivity contribution in [2.24, 2.45) is 0 Å². The van der Waals surface area contributed by atoms with Crippen molar-refractivity contribution in [1.82, 2.24) is 0 Å². The highest BCUT2D eigenvalue weighted by Gasteiger charge is 2.06. The van der Waals surface area contributed by atoms with Gasteiger partial charge in [0.1, 0.15) is 17.3 Å². The molecule has 0 N–H and O–H groups in total. The summed E-state index contributed by atoms with van der Waals surface area (Å²) in [4.78, 5) is 0. The molecule has 0 radical (unpaired) electrons. The summed E-state index contributed by atoms with van der Waals surface area (Å²) in [6.45, 7) is 2.35. The van der Waals surface area contributed by atoms with Crippen LogP contribution in [0.2, 0.25) is 0 Å². The van der Waals surface area contributed by atoms with E-state index in [9.17, 15) is 13.2 Å². The molecule has 0 aliphatic carbocycles. The first kappa shape index (κ1) is 31.8. The first-order chi connectivity index (χ1) is 21.1. The molecule has 4 aromatic rings. The third-order valence-electron chi connectivity index (χ3n) is 6.90. The molecule has 0 aliphatic rings. The molecule has 43 heavy (non-hydrogen) atoms. The first-order valence-electron chi connectivity index (χ1n) is 15.0. The zero-order chi connectivity index (χ0) is 30.1. The van der Waals surface area contributed by atoms with Crippen LogP contribution in [0, 0.1) is 17.5 Å². The highest BCUT2D eigenvalue weighted by molar-refractivity contribution is 5.64. The van der Waals surface area contributed by atoms with Crippen molar-refractivity contribution < 1.29 is 32.1 Å². The van der Waals surface area contributed by atoms with Gasteiger partial charge in [-0.15, -0.1) is 0 Å². The van der Waals surface area contributed by atoms with Crippen molar-refractivity contribution in [2.45, 2.75) is 51.4 Å². The van der Waals surface area contributed by atoms with Crippen LogP contribution in [0.3, 0.4) is 0 Å². The Hall–Kier alpha value is -4.13. The minimum atomic E-state index is -0.899. The molecular weight excluding hydrogens is 553 g/mol. The largest absolute Gasteiger partial charge is 0.494 e. The molecule has 7 heteroatoms. The second-order valence-corrected chi connectivity index (χ2v) is 10.3. The van der Waals surface area contributed by atoms with Gasteiger partial charge >= 0.3 is 0 Å². The summed E-state index contributed by atoms with van der Waals surface area (Å²) in [7, 11) is 0. The van der Waals surface area contributed by atoms with Crippen molar-refractivity contribution in [3.05, 3.63) is 108 Å². The van der Waals surface area contributed by atoms with Gasteiger partial charge in [-0.2, -0.15) is 0 Å². The van der Waals surface area contributed by atoms with Gasteiger partial charge in [0.05, 0.1) is 26.4 Å². The maximum atomic E-state index is 13.2. The summed E-state index contributed by atoms with van der Waals surface area (Å²) >= 11 is 0. The van der Waals surface area contributed by atoms with E-state index in [1.807, 2.05) is 48.5 Å². The lowest BCUT2D eigenvalue weighted by molar-refractivity contribution is 0.254. The molecule has 0 heterocycles. The number of halogens is 3. The van der Waals surface area contributed by atoms with Crippen LogP contribution in [-0.4, -0.2) is 26.4 Å². The lowest BCUT2D eigenvalue weighted by atomic mass is 10.1. The van der Waals surface area contributed by atoms with Crippen molar-refractivity contribution in [3.63, 3.8) is 0 Å². The molecule has 0 amide bonds. The van der Waals surface area contributed by atoms with Gasteiger partial charge in [-0.3, -0.25) is 0 Å². The summed E-state index contributed by atoms with van der Waals surface area (Å²) < 4.78 is 62.6. The van der Waals surface area contributed by atoms with Crippen LogP contribution in [0.5, 0.6) is 23.0 Å². The average Bonchev–Trinajstić information content (AvgIpc) is 3.03. The molecule has 4 aromatic carbocycles. The Morgan fingerprint density at radius 3 is 1.35 bits per heavy atom. The molecule has 4 nitrogen and oxygen atoms in total. The summed E-state index contributed by atoms with van der Waals surface area (Å²) in [5, 5.41) is 0. The van der Waals surface area contributed by atoms with E-state index < -0.39 is 11.6 Å². The molecule has 0 aromatic heterocycles. The number of hydrogen-bond acceptors (Lipinski definition) is 4. The Bertz CT molecular complexity index is 1360. The number of hydrogen-bond donors (Lipinski definition) is 0. The van der Waals surface area contributed by atoms with Crippen LogP contribution in [0.25, 0.3) is 11.1 Å². The van der Waals surface area contributed by atoms with E-state index in [0.29, 0.717) is 32.2 Å². The third-order valence-corrected chi connectivity index (χ3v) is 6.90. The van der Waals surface area contributed by atoms with Crippen molar-refractivity contribution >= 4 is 0 Å². The van der Waals surface area contributed by atoms with Crippen LogP contribution in [0.4, 0.5) is 13.2 Å². The SMILES string of the molecule is Fc1ccc(-c2ccc(OCCCCCCOc3ccccc3OCCCCCCOc3ccc(F)c(F)c3)cc2)cc1. The third kappa shape index (κ3) is 11.2. The minimum absolute atomic E-state index is 0.237. The lowest BCUT2D eigenvalue weighted by Gasteiger charge is -2.13. The highest BCUT2D eigenvalue weighted by Crippen LogP contribution is 2.27. The average molecular weight is 593 g/mol. The number of para-hydroxylation sites is 2. The highest BCUT2D eigenvalue weighted by atomic mass is 19.2. The van der Waals surface area contributed by atoms with E-state index >= 15 is 0 Å². The molecule has 228 valence electrons. The molecular formula is C36H39F3O4. The Morgan fingerprint density at radius 1 is 0.395 bits per heavy atom. The second-order valence-electron chi connectivity index (χ2n) is 10.3. The fraction of sp³-hybridized carbons (Fsp3) is 0.333. The quantitative estimate of drug-likeness (QED) is 0.102. The smallest absolute Gasteiger partial charge is 0.162 e. The van der Waals surface area contributed by atoms with E-state index in [2.05, 4.69) is 0 Å². The minimum Gasteiger partial charge on any atom is -0.494 e. The number of rotatable bonds is 19. The predicted molar refractivity (Wildman–Crippen MR) is 164 cm³/mol. The Morgan fingerprint density at radius 2 is 0.837 bits per heavy atom. The Balaban J connectivity index is 1.01. The van der Waals surface area contributed by atoms with Crippen LogP contribution < -0.4 is 18.9 Å². The topological polar surface area (TPSA) is 36.9 Å². The van der Waals surface area contributed by atoms with Crippen molar-refractivity contribution in [1.29, 1.82) is 0 Å². The molecule has 0 spiro atoms. The molecule has 4 rings (SSSR count). The van der Waals surface area contributed by atoms with E-state index in [-0.39, 0.29) is 5.82 Å². The van der Waals surface area contributed by atoms with Crippen LogP contribution in [0.1, 0.15) is 51.4 Å². The van der Waals surface area contributed by atoms with Crippen LogP contribution >= 0.6 is 0 Å². The summed E-state index contributed by atoms with van der Waals surface area (Å²) in [5.41, 5.74) is 2.01. The van der Waals surface area contributed by atoms with E-state index in [1.165, 1.54) is 18.2 Å². The van der Waals surface area contributed by atoms with E-state index in [1.54, 1.807) is 12.1 Å². The molecule has 0 bridgehead atoms.